The van der Waals surface area contributed by atoms with Crippen LogP contribution in [0.1, 0.15) is 239 Å². The molecule has 4 heterocycles. The highest BCUT2D eigenvalue weighted by molar-refractivity contribution is 4.98. The molecular formula is C63H110N2O8. The van der Waals surface area contributed by atoms with Gasteiger partial charge in [-0.05, 0) is 272 Å². The smallest absolute Gasteiger partial charge is 0.157 e. The van der Waals surface area contributed by atoms with Crippen LogP contribution in [0.15, 0.2) is 0 Å². The molecule has 6 saturated carbocycles. The van der Waals surface area contributed by atoms with E-state index >= 15 is 0 Å². The minimum atomic E-state index is 0.0435. The summed E-state index contributed by atoms with van der Waals surface area (Å²) in [7, 11) is 0. The van der Waals surface area contributed by atoms with Gasteiger partial charge in [-0.25, -0.2) is 0 Å². The van der Waals surface area contributed by atoms with Crippen LogP contribution in [0.3, 0.4) is 0 Å². The summed E-state index contributed by atoms with van der Waals surface area (Å²) in [4.78, 5) is 6.42. The third kappa shape index (κ3) is 16.4. The van der Waals surface area contributed by atoms with Crippen molar-refractivity contribution >= 4 is 0 Å². The Hall–Kier alpha value is -0.400. The zero-order valence-corrected chi connectivity index (χ0v) is 47.0. The van der Waals surface area contributed by atoms with Gasteiger partial charge in [0.05, 0.1) is 26.4 Å². The first kappa shape index (κ1) is 55.9. The Labute approximate surface area is 446 Å². The lowest BCUT2D eigenvalue weighted by atomic mass is 9.68. The van der Waals surface area contributed by atoms with Crippen molar-refractivity contribution in [1.82, 2.24) is 9.80 Å². The largest absolute Gasteiger partial charge is 0.353 e. The minimum Gasteiger partial charge on any atom is -0.353 e. The molecule has 0 amide bonds. The van der Waals surface area contributed by atoms with Crippen LogP contribution in [-0.2, 0) is 37.9 Å². The molecule has 0 radical (unpaired) electrons. The standard InChI is InChI=1S/C63H110N2O8/c1-46-39-52(23-33-58(46)64(54-25-15-48(16-26-54)42-70-60-11-3-7-35-66-60)55-27-17-49(18-28-55)43-71-61-12-4-8-36-67-61)41-53-24-34-59(47(2)40-53)65(56-29-19-50(20-30-56)44-72-62-13-5-9-37-68-62)57-31-21-51(22-32-57)45-73-63-14-6-10-38-69-63/h46-63H,3-45H2,1-2H3. The van der Waals surface area contributed by atoms with E-state index in [1.807, 2.05) is 0 Å². The molecular weight excluding hydrogens is 913 g/mol. The molecule has 10 aliphatic rings. The van der Waals surface area contributed by atoms with Crippen molar-refractivity contribution in [2.75, 3.05) is 52.9 Å². The topological polar surface area (TPSA) is 80.3 Å². The second kappa shape index (κ2) is 29.2. The summed E-state index contributed by atoms with van der Waals surface area (Å²) in [6.07, 6.45) is 45.7. The first-order valence-corrected chi connectivity index (χ1v) is 32.4. The Morgan fingerprint density at radius 2 is 0.562 bits per heavy atom. The lowest BCUT2D eigenvalue weighted by molar-refractivity contribution is -0.172. The first-order chi connectivity index (χ1) is 36.0. The van der Waals surface area contributed by atoms with Crippen LogP contribution in [0, 0.1) is 47.3 Å². The molecule has 0 aromatic rings. The summed E-state index contributed by atoms with van der Waals surface area (Å²) in [5.74, 6) is 6.14. The van der Waals surface area contributed by atoms with E-state index in [1.165, 1.54) is 199 Å². The molecule has 4 aliphatic heterocycles. The Balaban J connectivity index is 0.723. The van der Waals surface area contributed by atoms with E-state index in [4.69, 9.17) is 37.9 Å². The summed E-state index contributed by atoms with van der Waals surface area (Å²) < 4.78 is 49.4. The van der Waals surface area contributed by atoms with Gasteiger partial charge < -0.3 is 37.9 Å². The van der Waals surface area contributed by atoms with Gasteiger partial charge in [0.25, 0.3) is 0 Å². The zero-order valence-electron chi connectivity index (χ0n) is 47.0. The van der Waals surface area contributed by atoms with Crippen molar-refractivity contribution in [1.29, 1.82) is 0 Å². The van der Waals surface area contributed by atoms with Crippen LogP contribution in [0.4, 0.5) is 0 Å². The highest BCUT2D eigenvalue weighted by Gasteiger charge is 2.44. The summed E-state index contributed by atoms with van der Waals surface area (Å²) >= 11 is 0. The third-order valence-corrected chi connectivity index (χ3v) is 21.5. The van der Waals surface area contributed by atoms with Crippen molar-refractivity contribution in [3.05, 3.63) is 0 Å². The molecule has 10 heteroatoms. The molecule has 10 nitrogen and oxygen atoms in total. The average Bonchev–Trinajstić information content (AvgIpc) is 3.44. The fourth-order valence-electron chi connectivity index (χ4n) is 17.2. The van der Waals surface area contributed by atoms with Gasteiger partial charge in [0.15, 0.2) is 25.2 Å². The van der Waals surface area contributed by atoms with E-state index < -0.39 is 0 Å². The molecule has 73 heavy (non-hydrogen) atoms. The Bertz CT molecular complexity index is 1310. The van der Waals surface area contributed by atoms with Crippen LogP contribution in [-0.4, -0.2) is 124 Å². The van der Waals surface area contributed by atoms with Gasteiger partial charge in [-0.3, -0.25) is 9.80 Å². The van der Waals surface area contributed by atoms with Crippen LogP contribution in [0.5, 0.6) is 0 Å². The molecule has 10 atom stereocenters. The normalized spacial score (nSPS) is 42.7. The predicted molar refractivity (Wildman–Crippen MR) is 290 cm³/mol. The van der Waals surface area contributed by atoms with Crippen LogP contribution < -0.4 is 0 Å². The molecule has 0 aromatic heterocycles. The maximum Gasteiger partial charge on any atom is 0.157 e. The maximum absolute atomic E-state index is 6.38. The maximum atomic E-state index is 6.38. The molecule has 420 valence electrons. The summed E-state index contributed by atoms with van der Waals surface area (Å²) in [6, 6.07) is 4.42. The molecule has 4 saturated heterocycles. The second-order valence-corrected chi connectivity index (χ2v) is 26.8. The minimum absolute atomic E-state index is 0.0435. The zero-order chi connectivity index (χ0) is 49.6. The highest BCUT2D eigenvalue weighted by atomic mass is 16.7. The van der Waals surface area contributed by atoms with Crippen molar-refractivity contribution in [3.63, 3.8) is 0 Å². The van der Waals surface area contributed by atoms with Crippen LogP contribution >= 0.6 is 0 Å². The van der Waals surface area contributed by atoms with E-state index in [2.05, 4.69) is 23.6 Å². The van der Waals surface area contributed by atoms with Gasteiger partial charge in [-0.2, -0.15) is 0 Å². The van der Waals surface area contributed by atoms with E-state index in [0.717, 1.165) is 138 Å². The molecule has 0 bridgehead atoms. The van der Waals surface area contributed by atoms with Gasteiger partial charge in [0.1, 0.15) is 0 Å². The number of ether oxygens (including phenoxy) is 8. The fourth-order valence-corrected chi connectivity index (χ4v) is 17.2. The predicted octanol–water partition coefficient (Wildman–Crippen LogP) is 14.0. The number of hydrogen-bond acceptors (Lipinski definition) is 10. The lowest BCUT2D eigenvalue weighted by Gasteiger charge is -2.52. The van der Waals surface area contributed by atoms with Crippen molar-refractivity contribution in [3.8, 4) is 0 Å². The molecule has 10 unspecified atom stereocenters. The molecule has 0 N–H and O–H groups in total. The third-order valence-electron chi connectivity index (χ3n) is 21.5. The Morgan fingerprint density at radius 1 is 0.301 bits per heavy atom. The number of nitrogens with zero attached hydrogens (tertiary/aromatic N) is 2. The molecule has 10 rings (SSSR count). The van der Waals surface area contributed by atoms with Gasteiger partial charge in [0, 0.05) is 62.7 Å². The summed E-state index contributed by atoms with van der Waals surface area (Å²) in [6.45, 7) is 12.5. The first-order valence-electron chi connectivity index (χ1n) is 32.4. The Morgan fingerprint density at radius 3 is 0.795 bits per heavy atom. The Kier molecular flexibility index (Phi) is 22.3. The summed E-state index contributed by atoms with van der Waals surface area (Å²) in [5, 5.41) is 0. The molecule has 6 aliphatic carbocycles. The number of hydrogen-bond donors (Lipinski definition) is 0. The monoisotopic (exact) mass is 1020 g/mol. The highest BCUT2D eigenvalue weighted by Crippen LogP contribution is 2.47. The molecule has 10 fully saturated rings. The van der Waals surface area contributed by atoms with Crippen molar-refractivity contribution < 1.29 is 37.9 Å². The summed E-state index contributed by atoms with van der Waals surface area (Å²) in [5.41, 5.74) is 0. The fraction of sp³-hybridized carbons (Fsp3) is 1.00. The quantitative estimate of drug-likeness (QED) is 0.118. The van der Waals surface area contributed by atoms with Crippen LogP contribution in [0.25, 0.3) is 0 Å². The van der Waals surface area contributed by atoms with E-state index in [1.54, 1.807) is 0 Å². The van der Waals surface area contributed by atoms with E-state index in [9.17, 15) is 0 Å². The lowest BCUT2D eigenvalue weighted by Crippen LogP contribution is -2.55. The molecule has 0 spiro atoms. The van der Waals surface area contributed by atoms with Crippen molar-refractivity contribution in [2.45, 2.75) is 300 Å². The second-order valence-electron chi connectivity index (χ2n) is 26.8. The SMILES string of the molecule is CC1CC(CC2CCC(N(C3CCC(COC4CCCCO4)CC3)C3CCC(COC4CCCCO4)CC3)C(C)C2)CCC1N(C1CCC(COC2CCCCO2)CC1)C1CCC(COC2CCCCO2)CC1. The van der Waals surface area contributed by atoms with Gasteiger partial charge in [-0.1, -0.05) is 13.8 Å². The van der Waals surface area contributed by atoms with E-state index in [-0.39, 0.29) is 25.2 Å². The van der Waals surface area contributed by atoms with E-state index in [0.29, 0.717) is 23.7 Å². The van der Waals surface area contributed by atoms with Crippen LogP contribution in [0.2, 0.25) is 0 Å². The van der Waals surface area contributed by atoms with Gasteiger partial charge in [-0.15, -0.1) is 0 Å². The molecule has 0 aromatic carbocycles. The average molecular weight is 1020 g/mol. The number of rotatable bonds is 20. The van der Waals surface area contributed by atoms with Gasteiger partial charge in [0.2, 0.25) is 0 Å². The van der Waals surface area contributed by atoms with Gasteiger partial charge >= 0.3 is 0 Å². The van der Waals surface area contributed by atoms with Crippen molar-refractivity contribution in [2.24, 2.45) is 47.3 Å².